The fourth-order valence-corrected chi connectivity index (χ4v) is 3.80. The Morgan fingerprint density at radius 2 is 1.85 bits per heavy atom. The molecule has 0 unspecified atom stereocenters. The number of nitrogens with zero attached hydrogens (tertiary/aromatic N) is 2. The zero-order valence-electron chi connectivity index (χ0n) is 14.7. The zero-order chi connectivity index (χ0) is 18.9. The zero-order valence-corrected chi connectivity index (χ0v) is 16.4. The fraction of sp³-hybridized carbons (Fsp3) is 0.375. The highest BCUT2D eigenvalue weighted by molar-refractivity contribution is 8.02. The minimum absolute atomic E-state index is 0.133. The highest BCUT2D eigenvalue weighted by Gasteiger charge is 2.17. The third-order valence-electron chi connectivity index (χ3n) is 3.11. The molecule has 1 aromatic heterocycles. The van der Waals surface area contributed by atoms with Crippen molar-refractivity contribution < 1.29 is 14.3 Å². The van der Waals surface area contributed by atoms with Crippen molar-refractivity contribution in [3.63, 3.8) is 0 Å². The Morgan fingerprint density at radius 1 is 1.19 bits per heavy atom. The summed E-state index contributed by atoms with van der Waals surface area (Å²) in [4.78, 5) is 23.3. The molecule has 26 heavy (non-hydrogen) atoms. The summed E-state index contributed by atoms with van der Waals surface area (Å²) in [6.07, 6.45) is 0. The van der Waals surface area contributed by atoms with E-state index in [1.807, 2.05) is 6.92 Å². The van der Waals surface area contributed by atoms with Crippen molar-refractivity contribution in [3.8, 4) is 0 Å². The monoisotopic (exact) mass is 395 g/mol. The van der Waals surface area contributed by atoms with E-state index in [9.17, 15) is 9.59 Å². The number of nitrogens with one attached hydrogen (secondary N) is 3. The molecule has 2 rings (SSSR count). The lowest BCUT2D eigenvalue weighted by Crippen LogP contribution is -2.22. The highest BCUT2D eigenvalue weighted by atomic mass is 32.2. The Labute approximate surface area is 160 Å². The summed E-state index contributed by atoms with van der Waals surface area (Å²) in [5, 5.41) is 17.1. The van der Waals surface area contributed by atoms with E-state index in [1.165, 1.54) is 30.0 Å². The number of carbonyl (C=O) groups excluding carboxylic acids is 2. The predicted octanol–water partition coefficient (Wildman–Crippen LogP) is 2.67. The number of rotatable bonds is 9. The van der Waals surface area contributed by atoms with Crippen LogP contribution in [0.2, 0.25) is 0 Å². The van der Waals surface area contributed by atoms with Crippen molar-refractivity contribution in [1.82, 2.24) is 10.2 Å². The number of hydrogen-bond acceptors (Lipinski definition) is 8. The van der Waals surface area contributed by atoms with E-state index in [2.05, 4.69) is 26.1 Å². The quantitative estimate of drug-likeness (QED) is 0.443. The Bertz CT molecular complexity index is 736. The van der Waals surface area contributed by atoms with E-state index >= 15 is 0 Å². The number of methoxy groups -OCH3 is 1. The second kappa shape index (κ2) is 10.1. The molecule has 0 aliphatic rings. The first-order valence-electron chi connectivity index (χ1n) is 7.89. The van der Waals surface area contributed by atoms with Gasteiger partial charge in [0.05, 0.1) is 11.9 Å². The number of benzene rings is 1. The second-order valence-electron chi connectivity index (χ2n) is 5.30. The van der Waals surface area contributed by atoms with Crippen LogP contribution in [-0.2, 0) is 14.3 Å². The van der Waals surface area contributed by atoms with Crippen molar-refractivity contribution in [2.75, 3.05) is 36.2 Å². The number of amides is 2. The summed E-state index contributed by atoms with van der Waals surface area (Å²) in [5.41, 5.74) is 1.34. The summed E-state index contributed by atoms with van der Waals surface area (Å²) < 4.78 is 5.68. The minimum atomic E-state index is -0.329. The van der Waals surface area contributed by atoms with Gasteiger partial charge in [-0.15, -0.1) is 10.2 Å². The van der Waals surface area contributed by atoms with Gasteiger partial charge < -0.3 is 20.7 Å². The lowest BCUT2D eigenvalue weighted by atomic mass is 10.2. The SMILES string of the molecule is COCCNc1nnc(S[C@H](C)C(=O)Nc2ccc(NC(C)=O)cc2)s1. The molecule has 0 saturated heterocycles. The number of hydrogen-bond donors (Lipinski definition) is 3. The van der Waals surface area contributed by atoms with Crippen molar-refractivity contribution in [1.29, 1.82) is 0 Å². The smallest absolute Gasteiger partial charge is 0.237 e. The Morgan fingerprint density at radius 3 is 2.46 bits per heavy atom. The summed E-state index contributed by atoms with van der Waals surface area (Å²) >= 11 is 2.74. The average molecular weight is 396 g/mol. The van der Waals surface area contributed by atoms with Crippen LogP contribution in [0.5, 0.6) is 0 Å². The predicted molar refractivity (Wildman–Crippen MR) is 105 cm³/mol. The van der Waals surface area contributed by atoms with Gasteiger partial charge in [0.15, 0.2) is 4.34 Å². The van der Waals surface area contributed by atoms with Gasteiger partial charge in [-0.1, -0.05) is 23.1 Å². The van der Waals surface area contributed by atoms with Crippen LogP contribution in [-0.4, -0.2) is 47.5 Å². The molecule has 0 aliphatic carbocycles. The van der Waals surface area contributed by atoms with Gasteiger partial charge in [0.2, 0.25) is 16.9 Å². The molecule has 10 heteroatoms. The van der Waals surface area contributed by atoms with Gasteiger partial charge in [-0.2, -0.15) is 0 Å². The lowest BCUT2D eigenvalue weighted by molar-refractivity contribution is -0.115. The van der Waals surface area contributed by atoms with Crippen molar-refractivity contribution >= 4 is 51.4 Å². The first-order valence-corrected chi connectivity index (χ1v) is 9.59. The van der Waals surface area contributed by atoms with Gasteiger partial charge in [0.25, 0.3) is 0 Å². The lowest BCUT2D eigenvalue weighted by Gasteiger charge is -2.11. The molecule has 1 atom stereocenters. The van der Waals surface area contributed by atoms with Crippen molar-refractivity contribution in [3.05, 3.63) is 24.3 Å². The molecule has 3 N–H and O–H groups in total. The molecule has 0 aliphatic heterocycles. The Kier molecular flexibility index (Phi) is 7.82. The van der Waals surface area contributed by atoms with Gasteiger partial charge in [-0.25, -0.2) is 0 Å². The maximum Gasteiger partial charge on any atom is 0.237 e. The molecule has 0 radical (unpaired) electrons. The number of aromatic nitrogens is 2. The Hall–Kier alpha value is -2.17. The number of ether oxygens (including phenoxy) is 1. The van der Waals surface area contributed by atoms with E-state index in [1.54, 1.807) is 31.4 Å². The van der Waals surface area contributed by atoms with Crippen LogP contribution < -0.4 is 16.0 Å². The van der Waals surface area contributed by atoms with Crippen LogP contribution >= 0.6 is 23.1 Å². The van der Waals surface area contributed by atoms with Gasteiger partial charge >= 0.3 is 0 Å². The molecule has 0 spiro atoms. The number of anilines is 3. The molecule has 140 valence electrons. The third kappa shape index (κ3) is 6.62. The molecule has 2 aromatic rings. The normalized spacial score (nSPS) is 11.7. The summed E-state index contributed by atoms with van der Waals surface area (Å²) in [6, 6.07) is 6.95. The van der Waals surface area contributed by atoms with Crippen LogP contribution in [0.1, 0.15) is 13.8 Å². The standard InChI is InChI=1S/C16H21N5O3S2/c1-10(25-16-21-20-15(26-16)17-8-9-24-3)14(23)19-13-6-4-12(5-7-13)18-11(2)22/h4-7,10H,8-9H2,1-3H3,(H,17,20)(H,18,22)(H,19,23)/t10-/m1/s1. The molecule has 1 heterocycles. The van der Waals surface area contributed by atoms with Crippen LogP contribution in [0.3, 0.4) is 0 Å². The van der Waals surface area contributed by atoms with E-state index in [0.717, 1.165) is 0 Å². The average Bonchev–Trinajstić information content (AvgIpc) is 3.03. The van der Waals surface area contributed by atoms with Gasteiger partial charge in [0.1, 0.15) is 0 Å². The van der Waals surface area contributed by atoms with E-state index in [-0.39, 0.29) is 17.1 Å². The minimum Gasteiger partial charge on any atom is -0.383 e. The summed E-state index contributed by atoms with van der Waals surface area (Å²) in [7, 11) is 1.64. The molecular formula is C16H21N5O3S2. The van der Waals surface area contributed by atoms with E-state index in [0.29, 0.717) is 34.0 Å². The summed E-state index contributed by atoms with van der Waals surface area (Å²) in [6.45, 7) is 4.49. The molecule has 2 amide bonds. The third-order valence-corrected chi connectivity index (χ3v) is 5.17. The number of thioether (sulfide) groups is 1. The first kappa shape index (κ1) is 20.1. The second-order valence-corrected chi connectivity index (χ2v) is 7.87. The molecule has 0 bridgehead atoms. The van der Waals surface area contributed by atoms with E-state index in [4.69, 9.17) is 4.74 Å². The molecule has 1 aromatic carbocycles. The summed E-state index contributed by atoms with van der Waals surface area (Å²) in [5.74, 6) is -0.272. The maximum absolute atomic E-state index is 12.3. The van der Waals surface area contributed by atoms with Crippen molar-refractivity contribution in [2.45, 2.75) is 23.4 Å². The van der Waals surface area contributed by atoms with E-state index < -0.39 is 0 Å². The maximum atomic E-state index is 12.3. The molecule has 8 nitrogen and oxygen atoms in total. The topological polar surface area (TPSA) is 105 Å². The van der Waals surface area contributed by atoms with Crippen LogP contribution in [0.4, 0.5) is 16.5 Å². The Balaban J connectivity index is 1.84. The van der Waals surface area contributed by atoms with Crippen molar-refractivity contribution in [2.24, 2.45) is 0 Å². The first-order chi connectivity index (χ1) is 12.5. The van der Waals surface area contributed by atoms with Gasteiger partial charge in [-0.3, -0.25) is 9.59 Å². The molecule has 0 fully saturated rings. The van der Waals surface area contributed by atoms with Crippen LogP contribution in [0.15, 0.2) is 28.6 Å². The molecular weight excluding hydrogens is 374 g/mol. The highest BCUT2D eigenvalue weighted by Crippen LogP contribution is 2.29. The fourth-order valence-electron chi connectivity index (χ4n) is 1.88. The van der Waals surface area contributed by atoms with Crippen LogP contribution in [0, 0.1) is 0 Å². The largest absolute Gasteiger partial charge is 0.383 e. The molecule has 0 saturated carbocycles. The number of carbonyl (C=O) groups is 2. The van der Waals surface area contributed by atoms with Crippen LogP contribution in [0.25, 0.3) is 0 Å². The van der Waals surface area contributed by atoms with Gasteiger partial charge in [0, 0.05) is 32.0 Å². The van der Waals surface area contributed by atoms with Gasteiger partial charge in [-0.05, 0) is 31.2 Å².